The summed E-state index contributed by atoms with van der Waals surface area (Å²) >= 11 is 3.56. The zero-order valence-corrected chi connectivity index (χ0v) is 13.6. The zero-order valence-electron chi connectivity index (χ0n) is 12.0. The highest BCUT2D eigenvalue weighted by Gasteiger charge is 2.10. The van der Waals surface area contributed by atoms with Crippen molar-refractivity contribution in [2.75, 3.05) is 31.7 Å². The minimum Gasteiger partial charge on any atom is -0.383 e. The lowest BCUT2D eigenvalue weighted by Crippen LogP contribution is -2.21. The number of thiophene rings is 1. The van der Waals surface area contributed by atoms with Gasteiger partial charge < -0.3 is 15.0 Å². The molecule has 6 heteroatoms. The molecule has 0 saturated carbocycles. The van der Waals surface area contributed by atoms with Crippen LogP contribution in [0.25, 0.3) is 0 Å². The highest BCUT2D eigenvalue weighted by molar-refractivity contribution is 7.15. The van der Waals surface area contributed by atoms with Crippen molar-refractivity contribution in [1.82, 2.24) is 10.3 Å². The maximum absolute atomic E-state index is 5.02. The van der Waals surface area contributed by atoms with Crippen LogP contribution in [0.2, 0.25) is 0 Å². The van der Waals surface area contributed by atoms with Crippen LogP contribution in [0.5, 0.6) is 0 Å². The van der Waals surface area contributed by atoms with Gasteiger partial charge in [0.25, 0.3) is 0 Å². The van der Waals surface area contributed by atoms with Gasteiger partial charge in [-0.1, -0.05) is 6.07 Å². The fraction of sp³-hybridized carbons (Fsp3) is 0.500. The molecule has 0 atom stereocenters. The van der Waals surface area contributed by atoms with Crippen LogP contribution in [0.4, 0.5) is 5.13 Å². The largest absolute Gasteiger partial charge is 0.383 e. The van der Waals surface area contributed by atoms with Gasteiger partial charge in [-0.25, -0.2) is 4.98 Å². The van der Waals surface area contributed by atoms with Crippen molar-refractivity contribution >= 4 is 27.8 Å². The van der Waals surface area contributed by atoms with Crippen molar-refractivity contribution in [3.05, 3.63) is 33.5 Å². The van der Waals surface area contributed by atoms with E-state index in [9.17, 15) is 0 Å². The van der Waals surface area contributed by atoms with Crippen molar-refractivity contribution in [3.63, 3.8) is 0 Å². The third-order valence-electron chi connectivity index (χ3n) is 2.90. The van der Waals surface area contributed by atoms with Crippen LogP contribution >= 0.6 is 22.7 Å². The Morgan fingerprint density at radius 2 is 2.30 bits per heavy atom. The number of ether oxygens (including phenoxy) is 1. The highest BCUT2D eigenvalue weighted by Crippen LogP contribution is 2.24. The van der Waals surface area contributed by atoms with Crippen LogP contribution in [0.3, 0.4) is 0 Å². The molecule has 2 rings (SSSR count). The molecule has 0 fully saturated rings. The predicted octanol–water partition coefficient (Wildman–Crippen LogP) is 2.97. The molecule has 110 valence electrons. The third kappa shape index (κ3) is 4.56. The summed E-state index contributed by atoms with van der Waals surface area (Å²) in [4.78, 5) is 9.50. The van der Waals surface area contributed by atoms with Gasteiger partial charge in [0, 0.05) is 42.7 Å². The summed E-state index contributed by atoms with van der Waals surface area (Å²) in [5, 5.41) is 6.57. The van der Waals surface area contributed by atoms with Crippen LogP contribution in [0, 0.1) is 0 Å². The van der Waals surface area contributed by atoms with Gasteiger partial charge in [0.1, 0.15) is 0 Å². The Bertz CT molecular complexity index is 484. The van der Waals surface area contributed by atoms with Crippen LogP contribution in [-0.2, 0) is 17.8 Å². The molecule has 2 aromatic heterocycles. The summed E-state index contributed by atoms with van der Waals surface area (Å²) in [6.07, 6.45) is 1.97. The molecule has 0 aliphatic heterocycles. The zero-order chi connectivity index (χ0) is 14.2. The van der Waals surface area contributed by atoms with E-state index in [-0.39, 0.29) is 0 Å². The first kappa shape index (κ1) is 15.4. The Morgan fingerprint density at radius 3 is 3.00 bits per heavy atom. The normalized spacial score (nSPS) is 10.9. The van der Waals surface area contributed by atoms with Crippen molar-refractivity contribution in [2.24, 2.45) is 0 Å². The standard InChI is InChI=1S/C14H21N3OS2/c1-3-17(11-12-5-4-8-19-12)14-16-10-13(20-14)9-15-6-7-18-2/h4-5,8,10,15H,3,6-7,9,11H2,1-2H3. The second-order valence-electron chi connectivity index (χ2n) is 4.37. The summed E-state index contributed by atoms with van der Waals surface area (Å²) < 4.78 is 5.02. The molecule has 0 aromatic carbocycles. The summed E-state index contributed by atoms with van der Waals surface area (Å²) in [6.45, 7) is 6.56. The number of hydrogen-bond donors (Lipinski definition) is 1. The quantitative estimate of drug-likeness (QED) is 0.723. The fourth-order valence-electron chi connectivity index (χ4n) is 1.82. The summed E-state index contributed by atoms with van der Waals surface area (Å²) in [6, 6.07) is 4.27. The smallest absolute Gasteiger partial charge is 0.185 e. The molecule has 1 N–H and O–H groups in total. The molecular formula is C14H21N3OS2. The Hall–Kier alpha value is -0.950. The molecule has 0 radical (unpaired) electrons. The number of nitrogens with one attached hydrogen (secondary N) is 1. The monoisotopic (exact) mass is 311 g/mol. The molecule has 20 heavy (non-hydrogen) atoms. The van der Waals surface area contributed by atoms with Crippen LogP contribution in [0.15, 0.2) is 23.7 Å². The Morgan fingerprint density at radius 1 is 1.40 bits per heavy atom. The molecule has 0 saturated heterocycles. The molecule has 0 unspecified atom stereocenters. The first-order valence-corrected chi connectivity index (χ1v) is 8.44. The number of anilines is 1. The van der Waals surface area contributed by atoms with Crippen LogP contribution < -0.4 is 10.2 Å². The molecule has 4 nitrogen and oxygen atoms in total. The highest BCUT2D eigenvalue weighted by atomic mass is 32.1. The number of thiazole rings is 1. The summed E-state index contributed by atoms with van der Waals surface area (Å²) in [5.74, 6) is 0. The number of nitrogens with zero attached hydrogens (tertiary/aromatic N) is 2. The van der Waals surface area contributed by atoms with E-state index < -0.39 is 0 Å². The average molecular weight is 311 g/mol. The minimum absolute atomic E-state index is 0.741. The van der Waals surface area contributed by atoms with E-state index in [2.05, 4.69) is 39.6 Å². The molecule has 2 heterocycles. The average Bonchev–Trinajstić information content (AvgIpc) is 3.12. The number of aromatic nitrogens is 1. The Balaban J connectivity index is 1.88. The summed E-state index contributed by atoms with van der Waals surface area (Å²) in [7, 11) is 1.72. The predicted molar refractivity (Wildman–Crippen MR) is 86.7 cm³/mol. The van der Waals surface area contributed by atoms with Crippen LogP contribution in [-0.4, -0.2) is 31.8 Å². The van der Waals surface area contributed by atoms with E-state index in [1.807, 2.05) is 6.20 Å². The van der Waals surface area contributed by atoms with E-state index in [1.165, 1.54) is 9.75 Å². The second-order valence-corrected chi connectivity index (χ2v) is 6.50. The van der Waals surface area contributed by atoms with Gasteiger partial charge in [0.2, 0.25) is 0 Å². The fourth-order valence-corrected chi connectivity index (χ4v) is 3.48. The van der Waals surface area contributed by atoms with E-state index in [0.717, 1.165) is 37.9 Å². The van der Waals surface area contributed by atoms with Crippen molar-refractivity contribution in [3.8, 4) is 0 Å². The number of rotatable bonds is 9. The lowest BCUT2D eigenvalue weighted by Gasteiger charge is -2.18. The Kier molecular flexibility index (Phi) is 6.46. The molecule has 0 aliphatic carbocycles. The van der Waals surface area contributed by atoms with E-state index in [4.69, 9.17) is 4.74 Å². The van der Waals surface area contributed by atoms with E-state index >= 15 is 0 Å². The van der Waals surface area contributed by atoms with Gasteiger partial charge in [-0.2, -0.15) is 0 Å². The second kappa shape index (κ2) is 8.36. The maximum Gasteiger partial charge on any atom is 0.185 e. The molecule has 0 spiro atoms. The van der Waals surface area contributed by atoms with Gasteiger partial charge in [0.15, 0.2) is 5.13 Å². The first-order chi connectivity index (χ1) is 9.83. The topological polar surface area (TPSA) is 37.4 Å². The first-order valence-electron chi connectivity index (χ1n) is 6.75. The minimum atomic E-state index is 0.741. The lowest BCUT2D eigenvalue weighted by atomic mass is 10.4. The van der Waals surface area contributed by atoms with Crippen molar-refractivity contribution in [2.45, 2.75) is 20.0 Å². The SMILES string of the molecule is CCN(Cc1cccs1)c1ncc(CNCCOC)s1. The molecule has 0 aliphatic rings. The molecule has 0 bridgehead atoms. The van der Waals surface area contributed by atoms with Gasteiger partial charge in [-0.15, -0.1) is 22.7 Å². The van der Waals surface area contributed by atoms with E-state index in [1.54, 1.807) is 29.8 Å². The molecular weight excluding hydrogens is 290 g/mol. The number of methoxy groups -OCH3 is 1. The van der Waals surface area contributed by atoms with Gasteiger partial charge in [-0.3, -0.25) is 0 Å². The maximum atomic E-state index is 5.02. The molecule has 2 aromatic rings. The molecule has 0 amide bonds. The number of hydrogen-bond acceptors (Lipinski definition) is 6. The van der Waals surface area contributed by atoms with Crippen LogP contribution in [0.1, 0.15) is 16.7 Å². The van der Waals surface area contributed by atoms with Gasteiger partial charge >= 0.3 is 0 Å². The third-order valence-corrected chi connectivity index (χ3v) is 4.82. The summed E-state index contributed by atoms with van der Waals surface area (Å²) in [5.41, 5.74) is 0. The van der Waals surface area contributed by atoms with Crippen molar-refractivity contribution in [1.29, 1.82) is 0 Å². The van der Waals surface area contributed by atoms with E-state index in [0.29, 0.717) is 0 Å². The van der Waals surface area contributed by atoms with Crippen molar-refractivity contribution < 1.29 is 4.74 Å². The lowest BCUT2D eigenvalue weighted by molar-refractivity contribution is 0.199. The Labute approximate surface area is 128 Å². The van der Waals surface area contributed by atoms with Gasteiger partial charge in [-0.05, 0) is 18.4 Å². The van der Waals surface area contributed by atoms with Gasteiger partial charge in [0.05, 0.1) is 13.2 Å².